The first-order valence-corrected chi connectivity index (χ1v) is 9.58. The topological polar surface area (TPSA) is 73.8 Å². The number of carbonyl (C=O) groups is 1. The van der Waals surface area contributed by atoms with Gasteiger partial charge in [0.25, 0.3) is 0 Å². The fourth-order valence-electron chi connectivity index (χ4n) is 2.75. The molecule has 0 saturated heterocycles. The second-order valence-electron chi connectivity index (χ2n) is 5.79. The number of alkyl halides is 3. The van der Waals surface area contributed by atoms with Gasteiger partial charge in [-0.15, -0.1) is 10.2 Å². The van der Waals surface area contributed by atoms with Gasteiger partial charge in [0.05, 0.1) is 11.3 Å². The number of nitrogen functional groups attached to an aromatic ring is 1. The normalized spacial score (nSPS) is 11.7. The Labute approximate surface area is 161 Å². The van der Waals surface area contributed by atoms with Gasteiger partial charge in [0.15, 0.2) is 10.1 Å². The number of rotatable bonds is 5. The molecule has 0 radical (unpaired) electrons. The molecule has 1 aromatic carbocycles. The van der Waals surface area contributed by atoms with Crippen LogP contribution < -0.4 is 5.73 Å². The molecule has 0 aliphatic carbocycles. The van der Waals surface area contributed by atoms with E-state index in [-0.39, 0.29) is 11.5 Å². The molecule has 0 saturated carbocycles. The third kappa shape index (κ3) is 4.16. The van der Waals surface area contributed by atoms with Crippen LogP contribution in [0.1, 0.15) is 27.3 Å². The molecule has 3 rings (SSSR count). The molecule has 0 aliphatic heterocycles. The van der Waals surface area contributed by atoms with Gasteiger partial charge in [-0.25, -0.2) is 0 Å². The van der Waals surface area contributed by atoms with Gasteiger partial charge in [-0.1, -0.05) is 29.2 Å². The molecule has 0 spiro atoms. The lowest BCUT2D eigenvalue weighted by molar-refractivity contribution is -0.137. The molecule has 10 heteroatoms. The largest absolute Gasteiger partial charge is 0.416 e. The lowest BCUT2D eigenvalue weighted by Crippen LogP contribution is -2.08. The second kappa shape index (κ2) is 7.35. The minimum absolute atomic E-state index is 0.139. The minimum Gasteiger partial charge on any atom is -0.374 e. The van der Waals surface area contributed by atoms with E-state index in [1.54, 1.807) is 30.5 Å². The summed E-state index contributed by atoms with van der Waals surface area (Å²) in [5, 5.41) is 7.86. The van der Waals surface area contributed by atoms with E-state index in [9.17, 15) is 18.0 Å². The van der Waals surface area contributed by atoms with Gasteiger partial charge < -0.3 is 10.3 Å². The number of halogens is 3. The van der Waals surface area contributed by atoms with Crippen molar-refractivity contribution >= 4 is 34.0 Å². The molecule has 0 amide bonds. The fourth-order valence-corrected chi connectivity index (χ4v) is 4.27. The SMILES string of the molecule is Cc1cc(C(=O)CSc2nnc(N)s2)c(C)n1-c1cccc(C(F)(F)F)c1. The van der Waals surface area contributed by atoms with Crippen molar-refractivity contribution in [3.05, 3.63) is 52.8 Å². The minimum atomic E-state index is -4.43. The first-order chi connectivity index (χ1) is 12.7. The van der Waals surface area contributed by atoms with Crippen LogP contribution in [0.15, 0.2) is 34.7 Å². The highest BCUT2D eigenvalue weighted by atomic mass is 32.2. The molecular formula is C17H15F3N4OS2. The lowest BCUT2D eigenvalue weighted by Gasteiger charge is -2.13. The number of thioether (sulfide) groups is 1. The zero-order valence-corrected chi connectivity index (χ0v) is 16.0. The highest BCUT2D eigenvalue weighted by Gasteiger charge is 2.30. The summed E-state index contributed by atoms with van der Waals surface area (Å²) >= 11 is 2.42. The van der Waals surface area contributed by atoms with E-state index < -0.39 is 11.7 Å². The number of carbonyl (C=O) groups excluding carboxylic acids is 1. The summed E-state index contributed by atoms with van der Waals surface area (Å²) < 4.78 is 41.2. The summed E-state index contributed by atoms with van der Waals surface area (Å²) in [6.45, 7) is 3.47. The predicted octanol–water partition coefficient (Wildman–Crippen LogP) is 4.52. The van der Waals surface area contributed by atoms with Gasteiger partial charge in [0, 0.05) is 22.6 Å². The Hall–Kier alpha value is -2.33. The van der Waals surface area contributed by atoms with Crippen molar-refractivity contribution in [1.29, 1.82) is 0 Å². The van der Waals surface area contributed by atoms with Crippen LogP contribution in [-0.2, 0) is 6.18 Å². The van der Waals surface area contributed by atoms with Gasteiger partial charge in [-0.05, 0) is 38.1 Å². The number of aromatic nitrogens is 3. The van der Waals surface area contributed by atoms with E-state index in [0.717, 1.165) is 12.1 Å². The van der Waals surface area contributed by atoms with Crippen molar-refractivity contribution in [3.63, 3.8) is 0 Å². The molecule has 27 heavy (non-hydrogen) atoms. The quantitative estimate of drug-likeness (QED) is 0.493. The van der Waals surface area contributed by atoms with E-state index in [2.05, 4.69) is 10.2 Å². The number of anilines is 1. The highest BCUT2D eigenvalue weighted by molar-refractivity contribution is 8.01. The standard InChI is InChI=1S/C17H15F3N4OS2/c1-9-6-13(14(25)8-26-16-23-22-15(21)27-16)10(2)24(9)12-5-3-4-11(7-12)17(18,19)20/h3-7H,8H2,1-2H3,(H2,21,22). The van der Waals surface area contributed by atoms with Gasteiger partial charge in [0.1, 0.15) is 0 Å². The molecule has 3 aromatic rings. The number of nitrogens with zero attached hydrogens (tertiary/aromatic N) is 3. The number of hydrogen-bond acceptors (Lipinski definition) is 6. The van der Waals surface area contributed by atoms with E-state index in [1.807, 2.05) is 0 Å². The van der Waals surface area contributed by atoms with Crippen molar-refractivity contribution in [2.75, 3.05) is 11.5 Å². The first kappa shape index (κ1) is 19.4. The smallest absolute Gasteiger partial charge is 0.374 e. The van der Waals surface area contributed by atoms with Crippen LogP contribution in [0.4, 0.5) is 18.3 Å². The van der Waals surface area contributed by atoms with E-state index in [0.29, 0.717) is 32.1 Å². The maximum absolute atomic E-state index is 13.0. The van der Waals surface area contributed by atoms with Crippen LogP contribution in [0.3, 0.4) is 0 Å². The molecule has 2 aromatic heterocycles. The summed E-state index contributed by atoms with van der Waals surface area (Å²) in [4.78, 5) is 12.6. The summed E-state index contributed by atoms with van der Waals surface area (Å²) in [5.41, 5.74) is 6.89. The van der Waals surface area contributed by atoms with E-state index in [4.69, 9.17) is 5.73 Å². The van der Waals surface area contributed by atoms with Crippen molar-refractivity contribution in [2.24, 2.45) is 0 Å². The fraction of sp³-hybridized carbons (Fsp3) is 0.235. The average Bonchev–Trinajstić information content (AvgIpc) is 3.15. The van der Waals surface area contributed by atoms with Gasteiger partial charge in [-0.3, -0.25) is 4.79 Å². The molecule has 0 unspecified atom stereocenters. The molecular weight excluding hydrogens is 397 g/mol. The highest BCUT2D eigenvalue weighted by Crippen LogP contribution is 2.32. The Bertz CT molecular complexity index is 994. The second-order valence-corrected chi connectivity index (χ2v) is 8.02. The molecule has 0 bridgehead atoms. The van der Waals surface area contributed by atoms with Crippen molar-refractivity contribution in [2.45, 2.75) is 24.4 Å². The molecule has 2 heterocycles. The van der Waals surface area contributed by atoms with Crippen LogP contribution in [0.5, 0.6) is 0 Å². The number of nitrogens with two attached hydrogens (primary N) is 1. The Morgan fingerprint density at radius 2 is 2.00 bits per heavy atom. The predicted molar refractivity (Wildman–Crippen MR) is 99.6 cm³/mol. The van der Waals surface area contributed by atoms with Gasteiger partial charge in [0.2, 0.25) is 5.13 Å². The summed E-state index contributed by atoms with van der Waals surface area (Å²) in [5.74, 6) is 0.00160. The number of aryl methyl sites for hydroxylation is 1. The number of Topliss-reactive ketones (excluding diaryl/α,β-unsaturated/α-hetero) is 1. The van der Waals surface area contributed by atoms with E-state index in [1.165, 1.54) is 29.2 Å². The molecule has 0 atom stereocenters. The van der Waals surface area contributed by atoms with Gasteiger partial charge in [-0.2, -0.15) is 13.2 Å². The van der Waals surface area contributed by atoms with Crippen molar-refractivity contribution < 1.29 is 18.0 Å². The van der Waals surface area contributed by atoms with Crippen LogP contribution in [0, 0.1) is 13.8 Å². The summed E-state index contributed by atoms with van der Waals surface area (Å²) in [6, 6.07) is 6.73. The van der Waals surface area contributed by atoms with Crippen LogP contribution in [-0.4, -0.2) is 26.3 Å². The Morgan fingerprint density at radius 1 is 1.26 bits per heavy atom. The maximum Gasteiger partial charge on any atom is 0.416 e. The van der Waals surface area contributed by atoms with E-state index >= 15 is 0 Å². The van der Waals surface area contributed by atoms with Gasteiger partial charge >= 0.3 is 6.18 Å². The van der Waals surface area contributed by atoms with Crippen LogP contribution in [0.2, 0.25) is 0 Å². The van der Waals surface area contributed by atoms with Crippen LogP contribution in [0.25, 0.3) is 5.69 Å². The number of hydrogen-bond donors (Lipinski definition) is 1. The summed E-state index contributed by atoms with van der Waals surface area (Å²) in [7, 11) is 0. The number of ketones is 1. The third-order valence-corrected chi connectivity index (χ3v) is 5.80. The monoisotopic (exact) mass is 412 g/mol. The van der Waals surface area contributed by atoms with Crippen molar-refractivity contribution in [1.82, 2.24) is 14.8 Å². The number of benzene rings is 1. The molecule has 0 aliphatic rings. The first-order valence-electron chi connectivity index (χ1n) is 7.78. The van der Waals surface area contributed by atoms with Crippen LogP contribution >= 0.6 is 23.1 Å². The summed E-state index contributed by atoms with van der Waals surface area (Å²) in [6.07, 6.45) is -4.43. The Balaban J connectivity index is 1.87. The Kier molecular flexibility index (Phi) is 5.29. The lowest BCUT2D eigenvalue weighted by atomic mass is 10.1. The molecule has 5 nitrogen and oxygen atoms in total. The third-order valence-electron chi connectivity index (χ3n) is 3.91. The average molecular weight is 412 g/mol. The molecule has 142 valence electrons. The Morgan fingerprint density at radius 3 is 2.63 bits per heavy atom. The van der Waals surface area contributed by atoms with Crippen molar-refractivity contribution in [3.8, 4) is 5.69 Å². The molecule has 0 fully saturated rings. The molecule has 2 N–H and O–H groups in total. The zero-order valence-electron chi connectivity index (χ0n) is 14.4. The zero-order chi connectivity index (χ0) is 19.8. The maximum atomic E-state index is 13.0.